The molecule has 168 valence electrons. The van der Waals surface area contributed by atoms with Gasteiger partial charge >= 0.3 is 0 Å². The molecule has 2 aromatic heterocycles. The normalized spacial score (nSPS) is 14.5. The third kappa shape index (κ3) is 4.46. The molecular formula is C27H28N4O2. The van der Waals surface area contributed by atoms with Crippen molar-refractivity contribution in [2.45, 2.75) is 39.2 Å². The molecule has 3 heterocycles. The number of hydrogen-bond acceptors (Lipinski definition) is 4. The summed E-state index contributed by atoms with van der Waals surface area (Å²) in [5, 5.41) is 4.81. The molecule has 6 nitrogen and oxygen atoms in total. The van der Waals surface area contributed by atoms with Crippen LogP contribution >= 0.6 is 0 Å². The average Bonchev–Trinajstić information content (AvgIpc) is 3.43. The quantitative estimate of drug-likeness (QED) is 0.426. The highest BCUT2D eigenvalue weighted by molar-refractivity contribution is 5.78. The summed E-state index contributed by atoms with van der Waals surface area (Å²) in [6.07, 6.45) is 1.73. The van der Waals surface area contributed by atoms with Gasteiger partial charge in [-0.05, 0) is 38.3 Å². The van der Waals surface area contributed by atoms with Crippen molar-refractivity contribution < 1.29 is 9.21 Å². The number of aromatic nitrogens is 3. The minimum atomic E-state index is 0.0908. The van der Waals surface area contributed by atoms with Crippen LogP contribution in [0.15, 0.2) is 71.1 Å². The summed E-state index contributed by atoms with van der Waals surface area (Å²) in [5.74, 6) is 2.05. The Bertz CT molecular complexity index is 1220. The Kier molecular flexibility index (Phi) is 5.82. The van der Waals surface area contributed by atoms with E-state index in [-0.39, 0.29) is 18.4 Å². The van der Waals surface area contributed by atoms with Crippen LogP contribution in [0, 0.1) is 13.8 Å². The number of amides is 1. The highest BCUT2D eigenvalue weighted by Gasteiger charge is 2.28. The number of carbonyl (C=O) groups excluding carboxylic acids is 1. The zero-order valence-electron chi connectivity index (χ0n) is 19.1. The molecule has 0 saturated carbocycles. The molecule has 1 aliphatic rings. The molecule has 1 amide bonds. The lowest BCUT2D eigenvalue weighted by Gasteiger charge is -2.30. The van der Waals surface area contributed by atoms with Crippen molar-refractivity contribution in [2.24, 2.45) is 0 Å². The van der Waals surface area contributed by atoms with Gasteiger partial charge in [-0.3, -0.25) is 9.48 Å². The summed E-state index contributed by atoms with van der Waals surface area (Å²) in [6, 6.07) is 22.3. The first-order chi connectivity index (χ1) is 16.1. The predicted octanol–water partition coefficient (Wildman–Crippen LogP) is 5.23. The van der Waals surface area contributed by atoms with Crippen LogP contribution in [0.4, 0.5) is 0 Å². The van der Waals surface area contributed by atoms with E-state index in [1.54, 1.807) is 0 Å². The molecule has 0 radical (unpaired) electrons. The molecule has 0 unspecified atom stereocenters. The summed E-state index contributed by atoms with van der Waals surface area (Å²) in [6.45, 7) is 5.55. The molecule has 6 heteroatoms. The highest BCUT2D eigenvalue weighted by Crippen LogP contribution is 2.30. The minimum absolute atomic E-state index is 0.0908. The van der Waals surface area contributed by atoms with Gasteiger partial charge in [0.2, 0.25) is 5.91 Å². The molecule has 0 bridgehead atoms. The number of benzene rings is 2. The third-order valence-corrected chi connectivity index (χ3v) is 6.45. The second-order valence-electron chi connectivity index (χ2n) is 8.65. The molecule has 2 aromatic carbocycles. The molecule has 5 rings (SSSR count). The van der Waals surface area contributed by atoms with Gasteiger partial charge in [-0.2, -0.15) is 5.10 Å². The topological polar surface area (TPSA) is 64.2 Å². The van der Waals surface area contributed by atoms with Crippen molar-refractivity contribution >= 4 is 5.91 Å². The fourth-order valence-corrected chi connectivity index (χ4v) is 4.40. The van der Waals surface area contributed by atoms with E-state index in [0.29, 0.717) is 13.1 Å². The number of carbonyl (C=O) groups is 1. The van der Waals surface area contributed by atoms with Crippen molar-refractivity contribution in [3.05, 3.63) is 84.1 Å². The second kappa shape index (κ2) is 9.06. The van der Waals surface area contributed by atoms with Gasteiger partial charge in [0.1, 0.15) is 12.3 Å². The monoisotopic (exact) mass is 440 g/mol. The Morgan fingerprint density at radius 2 is 1.61 bits per heavy atom. The minimum Gasteiger partial charge on any atom is -0.445 e. The first kappa shape index (κ1) is 21.2. The van der Waals surface area contributed by atoms with Crippen LogP contribution in [-0.4, -0.2) is 38.7 Å². The number of aryl methyl sites for hydroxylation is 2. The van der Waals surface area contributed by atoms with Crippen LogP contribution in [0.2, 0.25) is 0 Å². The van der Waals surface area contributed by atoms with E-state index in [2.05, 4.69) is 23.2 Å². The van der Waals surface area contributed by atoms with Gasteiger partial charge in [-0.15, -0.1) is 0 Å². The van der Waals surface area contributed by atoms with Crippen LogP contribution in [0.5, 0.6) is 0 Å². The van der Waals surface area contributed by atoms with Crippen LogP contribution < -0.4 is 0 Å². The lowest BCUT2D eigenvalue weighted by molar-refractivity contribution is -0.133. The number of likely N-dealkylation sites (tertiary alicyclic amines) is 1. The van der Waals surface area contributed by atoms with E-state index in [9.17, 15) is 4.79 Å². The number of oxazole rings is 1. The maximum atomic E-state index is 13.2. The fraction of sp³-hybridized carbons (Fsp3) is 0.296. The zero-order chi connectivity index (χ0) is 22.8. The Morgan fingerprint density at radius 3 is 2.21 bits per heavy atom. The summed E-state index contributed by atoms with van der Waals surface area (Å²) in [5.41, 5.74) is 4.86. The van der Waals surface area contributed by atoms with E-state index in [1.165, 1.54) is 0 Å². The van der Waals surface area contributed by atoms with Crippen LogP contribution in [0.3, 0.4) is 0 Å². The summed E-state index contributed by atoms with van der Waals surface area (Å²) < 4.78 is 7.67. The van der Waals surface area contributed by atoms with Gasteiger partial charge in [0.05, 0.1) is 17.1 Å². The molecule has 1 aliphatic heterocycles. The molecule has 1 fully saturated rings. The fourth-order valence-electron chi connectivity index (χ4n) is 4.40. The molecule has 0 spiro atoms. The smallest absolute Gasteiger partial charge is 0.244 e. The predicted molar refractivity (Wildman–Crippen MR) is 128 cm³/mol. The Morgan fingerprint density at radius 1 is 0.970 bits per heavy atom. The van der Waals surface area contributed by atoms with Crippen LogP contribution in [-0.2, 0) is 11.3 Å². The molecule has 4 aromatic rings. The lowest BCUT2D eigenvalue weighted by atomic mass is 9.97. The first-order valence-corrected chi connectivity index (χ1v) is 11.5. The number of piperidine rings is 1. The van der Waals surface area contributed by atoms with Crippen molar-refractivity contribution in [3.63, 3.8) is 0 Å². The molecule has 1 saturated heterocycles. The van der Waals surface area contributed by atoms with E-state index in [4.69, 9.17) is 9.52 Å². The van der Waals surface area contributed by atoms with Gasteiger partial charge in [0.25, 0.3) is 0 Å². The highest BCUT2D eigenvalue weighted by atomic mass is 16.4. The summed E-state index contributed by atoms with van der Waals surface area (Å²) in [7, 11) is 0. The Labute approximate surface area is 193 Å². The summed E-state index contributed by atoms with van der Waals surface area (Å²) >= 11 is 0. The van der Waals surface area contributed by atoms with Gasteiger partial charge in [-0.25, -0.2) is 4.98 Å². The lowest BCUT2D eigenvalue weighted by Crippen LogP contribution is -2.40. The first-order valence-electron chi connectivity index (χ1n) is 11.5. The largest absolute Gasteiger partial charge is 0.445 e. The standard InChI is InChI=1S/C27H28N4O2/c1-19-20(2)33-27(28-19)23-13-15-30(16-14-23)26(32)18-31-25(22-11-7-4-8-12-22)17-24(29-31)21-9-5-3-6-10-21/h3-12,17,23H,13-16,18H2,1-2H3. The van der Waals surface area contributed by atoms with E-state index in [0.717, 1.165) is 52.7 Å². The third-order valence-electron chi connectivity index (χ3n) is 6.45. The van der Waals surface area contributed by atoms with E-state index >= 15 is 0 Å². The second-order valence-corrected chi connectivity index (χ2v) is 8.65. The van der Waals surface area contributed by atoms with Gasteiger partial charge in [-0.1, -0.05) is 60.7 Å². The van der Waals surface area contributed by atoms with E-state index < -0.39 is 0 Å². The maximum absolute atomic E-state index is 13.2. The van der Waals surface area contributed by atoms with Gasteiger partial charge < -0.3 is 9.32 Å². The molecule has 33 heavy (non-hydrogen) atoms. The number of hydrogen-bond donors (Lipinski definition) is 0. The van der Waals surface area contributed by atoms with Gasteiger partial charge in [0, 0.05) is 24.6 Å². The van der Waals surface area contributed by atoms with Crippen molar-refractivity contribution in [1.29, 1.82) is 0 Å². The molecule has 0 atom stereocenters. The van der Waals surface area contributed by atoms with Crippen LogP contribution in [0.1, 0.15) is 36.1 Å². The molecule has 0 N–H and O–H groups in total. The average molecular weight is 441 g/mol. The Balaban J connectivity index is 1.33. The van der Waals surface area contributed by atoms with Gasteiger partial charge in [0.15, 0.2) is 5.89 Å². The zero-order valence-corrected chi connectivity index (χ0v) is 19.1. The van der Waals surface area contributed by atoms with Crippen molar-refractivity contribution in [1.82, 2.24) is 19.7 Å². The number of nitrogens with zero attached hydrogens (tertiary/aromatic N) is 4. The Hall–Kier alpha value is -3.67. The van der Waals surface area contributed by atoms with Crippen molar-refractivity contribution in [3.8, 4) is 22.5 Å². The number of rotatable bonds is 5. The molecule has 0 aliphatic carbocycles. The summed E-state index contributed by atoms with van der Waals surface area (Å²) in [4.78, 5) is 19.7. The van der Waals surface area contributed by atoms with Crippen LogP contribution in [0.25, 0.3) is 22.5 Å². The van der Waals surface area contributed by atoms with Crippen molar-refractivity contribution in [2.75, 3.05) is 13.1 Å². The molecular weight excluding hydrogens is 412 g/mol. The van der Waals surface area contributed by atoms with E-state index in [1.807, 2.05) is 72.0 Å². The SMILES string of the molecule is Cc1nc(C2CCN(C(=O)Cn3nc(-c4ccccc4)cc3-c3ccccc3)CC2)oc1C. The maximum Gasteiger partial charge on any atom is 0.244 e.